The van der Waals surface area contributed by atoms with Gasteiger partial charge in [-0.1, -0.05) is 47.0 Å². The molecule has 0 aromatic heterocycles. The summed E-state index contributed by atoms with van der Waals surface area (Å²) in [5.41, 5.74) is 3.99. The minimum absolute atomic E-state index is 0.457. The molecule has 104 valence electrons. The molecule has 0 bridgehead atoms. The molecule has 2 aromatic rings. The minimum Gasteiger partial charge on any atom is -0.332 e. The number of thiocarbonyl (C=S) groups is 1. The predicted molar refractivity (Wildman–Crippen MR) is 92.2 cm³/mol. The fourth-order valence-corrected chi connectivity index (χ4v) is 2.40. The van der Waals surface area contributed by atoms with Crippen LogP contribution in [0.3, 0.4) is 0 Å². The smallest absolute Gasteiger partial charge is 0.175 e. The summed E-state index contributed by atoms with van der Waals surface area (Å²) in [7, 11) is 0. The third-order valence-electron chi connectivity index (χ3n) is 2.83. The maximum absolute atomic E-state index is 6.11. The van der Waals surface area contributed by atoms with E-state index >= 15 is 0 Å². The van der Waals surface area contributed by atoms with Crippen molar-refractivity contribution in [1.82, 2.24) is 0 Å². The molecule has 0 radical (unpaired) electrons. The first-order valence-corrected chi connectivity index (χ1v) is 7.23. The number of hydrogen-bond acceptors (Lipinski definition) is 1. The van der Waals surface area contributed by atoms with Crippen LogP contribution in [-0.2, 0) is 0 Å². The lowest BCUT2D eigenvalue weighted by molar-refractivity contribution is 1.38. The van der Waals surface area contributed by atoms with E-state index in [9.17, 15) is 0 Å². The van der Waals surface area contributed by atoms with E-state index in [-0.39, 0.29) is 0 Å². The van der Waals surface area contributed by atoms with Crippen LogP contribution < -0.4 is 10.6 Å². The molecule has 0 aliphatic heterocycles. The zero-order valence-electron chi connectivity index (χ0n) is 11.1. The van der Waals surface area contributed by atoms with Gasteiger partial charge in [-0.15, -0.1) is 0 Å². The Bertz CT molecular complexity index is 656. The van der Waals surface area contributed by atoms with Crippen molar-refractivity contribution >= 4 is 51.9 Å². The van der Waals surface area contributed by atoms with E-state index in [2.05, 4.69) is 23.6 Å². The Hall–Kier alpha value is -1.29. The van der Waals surface area contributed by atoms with Crippen LogP contribution in [0.5, 0.6) is 0 Å². The molecule has 2 N–H and O–H groups in total. The van der Waals surface area contributed by atoms with Crippen molar-refractivity contribution < 1.29 is 0 Å². The molecule has 0 saturated heterocycles. The molecule has 2 aromatic carbocycles. The van der Waals surface area contributed by atoms with Crippen LogP contribution in [0, 0.1) is 13.8 Å². The highest BCUT2D eigenvalue weighted by Crippen LogP contribution is 2.29. The Kier molecular flexibility index (Phi) is 4.86. The molecule has 0 aliphatic carbocycles. The van der Waals surface area contributed by atoms with Crippen molar-refractivity contribution in [2.75, 3.05) is 10.6 Å². The third-order valence-corrected chi connectivity index (χ3v) is 3.85. The molecular weight excluding hydrogens is 311 g/mol. The molecule has 0 amide bonds. The summed E-state index contributed by atoms with van der Waals surface area (Å²) in [6.45, 7) is 4.09. The monoisotopic (exact) mass is 324 g/mol. The quantitative estimate of drug-likeness (QED) is 0.721. The number of benzene rings is 2. The molecule has 0 spiro atoms. The summed E-state index contributed by atoms with van der Waals surface area (Å²) in [6, 6.07) is 11.5. The summed E-state index contributed by atoms with van der Waals surface area (Å²) in [5, 5.41) is 7.62. The number of rotatable bonds is 2. The van der Waals surface area contributed by atoms with Gasteiger partial charge in [0.1, 0.15) is 0 Å². The van der Waals surface area contributed by atoms with E-state index < -0.39 is 0 Å². The van der Waals surface area contributed by atoms with Gasteiger partial charge in [0, 0.05) is 5.69 Å². The number of nitrogens with one attached hydrogen (secondary N) is 2. The van der Waals surface area contributed by atoms with Gasteiger partial charge in [0.25, 0.3) is 0 Å². The van der Waals surface area contributed by atoms with Crippen LogP contribution in [0.15, 0.2) is 36.4 Å². The lowest BCUT2D eigenvalue weighted by Crippen LogP contribution is -2.19. The summed E-state index contributed by atoms with van der Waals surface area (Å²) in [5.74, 6) is 0. The van der Waals surface area contributed by atoms with Gasteiger partial charge < -0.3 is 10.6 Å². The number of aryl methyl sites for hydroxylation is 2. The normalized spacial score (nSPS) is 10.2. The highest BCUT2D eigenvalue weighted by Gasteiger charge is 2.07. The van der Waals surface area contributed by atoms with Gasteiger partial charge in [0.15, 0.2) is 5.11 Å². The molecule has 5 heteroatoms. The van der Waals surface area contributed by atoms with Crippen molar-refractivity contribution in [2.24, 2.45) is 0 Å². The van der Waals surface area contributed by atoms with Crippen LogP contribution in [-0.4, -0.2) is 5.11 Å². The second-order valence-electron chi connectivity index (χ2n) is 4.50. The average Bonchev–Trinajstić information content (AvgIpc) is 2.38. The lowest BCUT2D eigenvalue weighted by Gasteiger charge is -2.14. The van der Waals surface area contributed by atoms with E-state index in [0.29, 0.717) is 20.8 Å². The maximum atomic E-state index is 6.11. The number of halogens is 2. The molecular formula is C15H14Cl2N2S. The third kappa shape index (κ3) is 3.63. The Morgan fingerprint density at radius 1 is 1.00 bits per heavy atom. The standard InChI is InChI=1S/C15H14Cl2N2S/c1-9-6-7-12(10(2)8-9)18-15(20)19-13-5-3-4-11(16)14(13)17/h3-8H,1-2H3,(H2,18,19,20). The first kappa shape index (κ1) is 15.1. The summed E-state index contributed by atoms with van der Waals surface area (Å²) < 4.78 is 0. The van der Waals surface area contributed by atoms with Crippen LogP contribution in [0.4, 0.5) is 11.4 Å². The molecule has 0 heterocycles. The first-order valence-electron chi connectivity index (χ1n) is 6.06. The van der Waals surface area contributed by atoms with Crippen LogP contribution >= 0.6 is 35.4 Å². The first-order chi connectivity index (χ1) is 9.47. The van der Waals surface area contributed by atoms with Crippen molar-refractivity contribution in [3.8, 4) is 0 Å². The Balaban J connectivity index is 2.11. The van der Waals surface area contributed by atoms with Gasteiger partial charge in [-0.3, -0.25) is 0 Å². The summed E-state index contributed by atoms with van der Waals surface area (Å²) >= 11 is 17.4. The molecule has 0 saturated carbocycles. The molecule has 2 rings (SSSR count). The zero-order valence-corrected chi connectivity index (χ0v) is 13.5. The van der Waals surface area contributed by atoms with Gasteiger partial charge in [-0.05, 0) is 49.8 Å². The topological polar surface area (TPSA) is 24.1 Å². The molecule has 0 fully saturated rings. The fourth-order valence-electron chi connectivity index (χ4n) is 1.83. The summed E-state index contributed by atoms with van der Waals surface area (Å²) in [6.07, 6.45) is 0. The maximum Gasteiger partial charge on any atom is 0.175 e. The van der Waals surface area contributed by atoms with Crippen LogP contribution in [0.2, 0.25) is 10.0 Å². The highest BCUT2D eigenvalue weighted by molar-refractivity contribution is 7.80. The molecule has 20 heavy (non-hydrogen) atoms. The second kappa shape index (κ2) is 6.44. The van der Waals surface area contributed by atoms with E-state index in [4.69, 9.17) is 35.4 Å². The van der Waals surface area contributed by atoms with E-state index in [1.54, 1.807) is 6.07 Å². The second-order valence-corrected chi connectivity index (χ2v) is 5.69. The lowest BCUT2D eigenvalue weighted by atomic mass is 10.1. The van der Waals surface area contributed by atoms with Gasteiger partial charge >= 0.3 is 0 Å². The van der Waals surface area contributed by atoms with E-state index in [1.165, 1.54) is 5.56 Å². The van der Waals surface area contributed by atoms with Gasteiger partial charge in [-0.2, -0.15) is 0 Å². The zero-order chi connectivity index (χ0) is 14.7. The van der Waals surface area contributed by atoms with E-state index in [1.807, 2.05) is 31.2 Å². The molecule has 2 nitrogen and oxygen atoms in total. The van der Waals surface area contributed by atoms with Gasteiger partial charge in [-0.25, -0.2) is 0 Å². The van der Waals surface area contributed by atoms with E-state index in [0.717, 1.165) is 11.3 Å². The molecule has 0 unspecified atom stereocenters. The number of hydrogen-bond donors (Lipinski definition) is 2. The number of anilines is 2. The summed E-state index contributed by atoms with van der Waals surface area (Å²) in [4.78, 5) is 0. The Labute approximate surface area is 134 Å². The SMILES string of the molecule is Cc1ccc(NC(=S)Nc2cccc(Cl)c2Cl)c(C)c1. The Morgan fingerprint density at radius 2 is 1.70 bits per heavy atom. The van der Waals surface area contributed by atoms with Crippen LogP contribution in [0.25, 0.3) is 0 Å². The average molecular weight is 325 g/mol. The van der Waals surface area contributed by atoms with Crippen LogP contribution in [0.1, 0.15) is 11.1 Å². The van der Waals surface area contributed by atoms with Crippen molar-refractivity contribution in [3.63, 3.8) is 0 Å². The largest absolute Gasteiger partial charge is 0.332 e. The molecule has 0 aliphatic rings. The minimum atomic E-state index is 0.457. The fraction of sp³-hybridized carbons (Fsp3) is 0.133. The van der Waals surface area contributed by atoms with Crippen molar-refractivity contribution in [1.29, 1.82) is 0 Å². The van der Waals surface area contributed by atoms with Crippen molar-refractivity contribution in [2.45, 2.75) is 13.8 Å². The van der Waals surface area contributed by atoms with Gasteiger partial charge in [0.2, 0.25) is 0 Å². The predicted octanol–water partition coefficient (Wildman–Crippen LogP) is 5.42. The van der Waals surface area contributed by atoms with Crippen molar-refractivity contribution in [3.05, 3.63) is 57.6 Å². The molecule has 0 atom stereocenters. The van der Waals surface area contributed by atoms with Gasteiger partial charge in [0.05, 0.1) is 15.7 Å². The Morgan fingerprint density at radius 3 is 2.40 bits per heavy atom. The highest BCUT2D eigenvalue weighted by atomic mass is 35.5.